The number of rotatable bonds is 6. The molecule has 1 amide bonds. The van der Waals surface area contributed by atoms with E-state index in [-0.39, 0.29) is 28.4 Å². The number of hydrogen-bond donors (Lipinski definition) is 2. The highest BCUT2D eigenvalue weighted by atomic mass is 35.5. The molecule has 4 atom stereocenters. The summed E-state index contributed by atoms with van der Waals surface area (Å²) in [6, 6.07) is 11.2. The molecule has 2 aliphatic carbocycles. The third kappa shape index (κ3) is 5.76. The van der Waals surface area contributed by atoms with Crippen molar-refractivity contribution in [3.8, 4) is 5.75 Å². The van der Waals surface area contributed by atoms with Crippen LogP contribution in [0.3, 0.4) is 0 Å². The fourth-order valence-corrected chi connectivity index (χ4v) is 7.78. The van der Waals surface area contributed by atoms with Gasteiger partial charge in [0.2, 0.25) is 10.0 Å². The summed E-state index contributed by atoms with van der Waals surface area (Å²) >= 11 is 6.37. The summed E-state index contributed by atoms with van der Waals surface area (Å²) < 4.78 is 36.8. The first-order chi connectivity index (χ1) is 19.6. The molecule has 2 aromatic carbocycles. The van der Waals surface area contributed by atoms with Gasteiger partial charge in [0.15, 0.2) is 0 Å². The number of halogens is 1. The van der Waals surface area contributed by atoms with Crippen LogP contribution >= 0.6 is 11.6 Å². The molecule has 6 rings (SSSR count). The number of nitrogens with zero attached hydrogens (tertiary/aromatic N) is 2. The van der Waals surface area contributed by atoms with E-state index in [1.54, 1.807) is 17.0 Å². The van der Waals surface area contributed by atoms with Gasteiger partial charge in [0.05, 0.1) is 23.8 Å². The van der Waals surface area contributed by atoms with Gasteiger partial charge in [-0.15, -0.1) is 0 Å². The van der Waals surface area contributed by atoms with Crippen LogP contribution in [0.5, 0.6) is 5.75 Å². The van der Waals surface area contributed by atoms with E-state index in [0.717, 1.165) is 62.3 Å². The largest absolute Gasteiger partial charge is 0.490 e. The summed E-state index contributed by atoms with van der Waals surface area (Å²) in [6.45, 7) is 3.98. The second kappa shape index (κ2) is 11.3. The van der Waals surface area contributed by atoms with Gasteiger partial charge in [0.25, 0.3) is 0 Å². The lowest BCUT2D eigenvalue weighted by atomic mass is 9.69. The number of benzene rings is 2. The smallest absolute Gasteiger partial charge is 0.409 e. The maximum atomic E-state index is 12.7. The second-order valence-corrected chi connectivity index (χ2v) is 14.2. The number of carbonyl (C=O) groups excluding carboxylic acids is 1. The minimum atomic E-state index is -3.89. The molecule has 0 unspecified atom stereocenters. The van der Waals surface area contributed by atoms with E-state index in [2.05, 4.69) is 22.3 Å². The number of amides is 1. The molecule has 4 aliphatic rings. The van der Waals surface area contributed by atoms with Crippen LogP contribution in [0.4, 0.5) is 10.5 Å². The van der Waals surface area contributed by atoms with Gasteiger partial charge in [-0.2, -0.15) is 0 Å². The molecule has 0 radical (unpaired) electrons. The summed E-state index contributed by atoms with van der Waals surface area (Å²) in [5, 5.41) is 9.55. The predicted octanol–water partition coefficient (Wildman–Crippen LogP) is 3.92. The van der Waals surface area contributed by atoms with Crippen molar-refractivity contribution in [2.24, 2.45) is 17.0 Å². The van der Waals surface area contributed by atoms with Crippen LogP contribution in [0.1, 0.15) is 43.2 Å². The van der Waals surface area contributed by atoms with Crippen molar-refractivity contribution in [2.75, 3.05) is 51.3 Å². The van der Waals surface area contributed by atoms with E-state index in [0.29, 0.717) is 38.0 Å². The summed E-state index contributed by atoms with van der Waals surface area (Å²) in [7, 11) is -2.08. The fourth-order valence-electron chi connectivity index (χ4n) is 7.05. The zero-order chi connectivity index (χ0) is 28.8. The number of ether oxygens (including phenoxy) is 2. The van der Waals surface area contributed by atoms with Gasteiger partial charge in [-0.3, -0.25) is 0 Å². The topological polar surface area (TPSA) is 114 Å². The number of carbonyl (C=O) groups is 1. The highest BCUT2D eigenvalue weighted by Crippen LogP contribution is 2.46. The van der Waals surface area contributed by atoms with Gasteiger partial charge in [0.1, 0.15) is 5.75 Å². The zero-order valence-corrected chi connectivity index (χ0v) is 25.1. The van der Waals surface area contributed by atoms with Crippen LogP contribution < -0.4 is 20.1 Å². The second-order valence-electron chi connectivity index (χ2n) is 12.2. The lowest BCUT2D eigenvalue weighted by molar-refractivity contribution is 0.0447. The Morgan fingerprint density at radius 1 is 1.22 bits per heavy atom. The van der Waals surface area contributed by atoms with Crippen LogP contribution in [-0.2, 0) is 26.6 Å². The molecule has 2 heterocycles. The van der Waals surface area contributed by atoms with Gasteiger partial charge in [-0.1, -0.05) is 17.7 Å². The van der Waals surface area contributed by atoms with Crippen LogP contribution in [-0.4, -0.2) is 71.9 Å². The minimum Gasteiger partial charge on any atom is -0.490 e. The number of sulfonamides is 1. The van der Waals surface area contributed by atoms with Crippen molar-refractivity contribution in [1.29, 1.82) is 0 Å². The minimum absolute atomic E-state index is 0.0696. The molecule has 1 spiro atoms. The van der Waals surface area contributed by atoms with Gasteiger partial charge in [-0.05, 0) is 98.4 Å². The number of aryl methyl sites for hydroxylation is 1. The van der Waals surface area contributed by atoms with E-state index < -0.39 is 10.0 Å². The molecule has 1 saturated heterocycles. The number of likely N-dealkylation sites (N-methyl/N-ethyl adjacent to an activating group) is 1. The Hall–Kier alpha value is -2.53. The van der Waals surface area contributed by atoms with E-state index in [1.807, 2.05) is 13.1 Å². The Balaban J connectivity index is 1.25. The average molecular weight is 603 g/mol. The Bertz CT molecular complexity index is 1420. The third-order valence-corrected chi connectivity index (χ3v) is 10.8. The maximum Gasteiger partial charge on any atom is 0.409 e. The molecule has 41 heavy (non-hydrogen) atoms. The molecule has 1 saturated carbocycles. The van der Waals surface area contributed by atoms with E-state index in [4.69, 9.17) is 26.2 Å². The molecule has 3 N–H and O–H groups in total. The number of anilines is 1. The highest BCUT2D eigenvalue weighted by Gasteiger charge is 2.43. The number of primary sulfonamides is 1. The van der Waals surface area contributed by atoms with E-state index >= 15 is 0 Å². The molecule has 9 nitrogen and oxygen atoms in total. The number of hydrogen-bond acceptors (Lipinski definition) is 7. The maximum absolute atomic E-state index is 12.7. The van der Waals surface area contributed by atoms with Crippen molar-refractivity contribution < 1.29 is 22.7 Å². The van der Waals surface area contributed by atoms with Crippen LogP contribution in [0, 0.1) is 11.8 Å². The lowest BCUT2D eigenvalue weighted by Crippen LogP contribution is -2.49. The van der Waals surface area contributed by atoms with Gasteiger partial charge in [-0.25, -0.2) is 18.4 Å². The molecule has 2 aromatic rings. The number of fused-ring (bicyclic) bond motifs is 3. The molecular formula is C30H39ClN4O5S. The Kier molecular flexibility index (Phi) is 7.86. The highest BCUT2D eigenvalue weighted by molar-refractivity contribution is 7.89. The van der Waals surface area contributed by atoms with Crippen molar-refractivity contribution in [3.63, 3.8) is 0 Å². The van der Waals surface area contributed by atoms with Gasteiger partial charge >= 0.3 is 6.09 Å². The standard InChI is InChI=1S/C30H39ClN4O5S/c1-34(24-10-12-33-15-24)29(36)39-17-22-5-4-21(22)16-35-18-30(11-2-3-20-13-23(31)6-8-26(20)30)19-40-28-9-7-25(14-27(28)35)41(32,37)38/h6-9,13-14,21-22,24,33H,2-5,10-12,15-19H2,1H3,(H2,32,37,38)/t21-,22-,24+,30-/m0/s1. The summed E-state index contributed by atoms with van der Waals surface area (Å²) in [4.78, 5) is 16.8. The van der Waals surface area contributed by atoms with Crippen molar-refractivity contribution in [3.05, 3.63) is 52.5 Å². The lowest BCUT2D eigenvalue weighted by Gasteiger charge is -2.44. The van der Waals surface area contributed by atoms with E-state index in [9.17, 15) is 13.2 Å². The quantitative estimate of drug-likeness (QED) is 0.515. The average Bonchev–Trinajstić information content (AvgIpc) is 3.42. The molecule has 2 aliphatic heterocycles. The first-order valence-electron chi connectivity index (χ1n) is 14.6. The van der Waals surface area contributed by atoms with Crippen LogP contribution in [0.15, 0.2) is 41.3 Å². The van der Waals surface area contributed by atoms with Gasteiger partial charge in [0, 0.05) is 43.2 Å². The molecule has 11 heteroatoms. The van der Waals surface area contributed by atoms with Gasteiger partial charge < -0.3 is 24.6 Å². The molecule has 0 bridgehead atoms. The molecule has 0 aromatic heterocycles. The number of nitrogens with two attached hydrogens (primary N) is 1. The summed E-state index contributed by atoms with van der Waals surface area (Å²) in [5.74, 6) is 1.21. The van der Waals surface area contributed by atoms with Crippen molar-refractivity contribution in [1.82, 2.24) is 10.2 Å². The SMILES string of the molecule is CN(C(=O)OC[C@@H]1CC[C@H]1CN1C[C@@]2(CCCc3cc(Cl)ccc32)COc2ccc(S(N)(=O)=O)cc21)[C@@H]1CCNC1. The fraction of sp³-hybridized carbons (Fsp3) is 0.567. The van der Waals surface area contributed by atoms with Crippen molar-refractivity contribution in [2.45, 2.75) is 54.9 Å². The Morgan fingerprint density at radius 2 is 2.05 bits per heavy atom. The first kappa shape index (κ1) is 28.6. The Labute approximate surface area is 247 Å². The molecule has 222 valence electrons. The normalized spacial score (nSPS) is 27.3. The van der Waals surface area contributed by atoms with Crippen LogP contribution in [0.25, 0.3) is 0 Å². The summed E-state index contributed by atoms with van der Waals surface area (Å²) in [6.07, 6.45) is 5.64. The van der Waals surface area contributed by atoms with E-state index in [1.165, 1.54) is 17.2 Å². The molecular weight excluding hydrogens is 564 g/mol. The third-order valence-electron chi connectivity index (χ3n) is 9.66. The first-order valence-corrected chi connectivity index (χ1v) is 16.5. The molecule has 2 fully saturated rings. The van der Waals surface area contributed by atoms with Crippen molar-refractivity contribution >= 4 is 33.4 Å². The Morgan fingerprint density at radius 3 is 2.78 bits per heavy atom. The zero-order valence-electron chi connectivity index (χ0n) is 23.5. The van der Waals surface area contributed by atoms with Crippen LogP contribution in [0.2, 0.25) is 5.02 Å². The summed E-state index contributed by atoms with van der Waals surface area (Å²) in [5.41, 5.74) is 2.98. The monoisotopic (exact) mass is 602 g/mol. The number of nitrogens with one attached hydrogen (secondary N) is 1. The predicted molar refractivity (Wildman–Crippen MR) is 158 cm³/mol.